The highest BCUT2D eigenvalue weighted by Crippen LogP contribution is 2.26. The van der Waals surface area contributed by atoms with Crippen LogP contribution in [0.25, 0.3) is 5.65 Å². The molecular weight excluding hydrogens is 304 g/mol. The predicted molar refractivity (Wildman–Crippen MR) is 89.0 cm³/mol. The van der Waals surface area contributed by atoms with Crippen LogP contribution < -0.4 is 10.1 Å². The van der Waals surface area contributed by atoms with Gasteiger partial charge in [-0.15, -0.1) is 10.2 Å². The Morgan fingerprint density at radius 2 is 2.21 bits per heavy atom. The van der Waals surface area contributed by atoms with E-state index in [9.17, 15) is 4.79 Å². The molecule has 3 heterocycles. The maximum absolute atomic E-state index is 12.1. The first kappa shape index (κ1) is 14.7. The lowest BCUT2D eigenvalue weighted by Gasteiger charge is -2.06. The standard InChI is InChI=1S/C18H18N4O2/c23-18(12-13-4-5-14-7-10-24-15(14)11-13)19-8-6-17-21-20-16-3-1-2-9-22(16)17/h1-5,9,11H,6-8,10,12H2,(H,19,23). The van der Waals surface area contributed by atoms with Gasteiger partial charge in [0.15, 0.2) is 5.65 Å². The first-order valence-electron chi connectivity index (χ1n) is 8.09. The van der Waals surface area contributed by atoms with Gasteiger partial charge >= 0.3 is 0 Å². The molecule has 1 amide bonds. The molecule has 4 rings (SSSR count). The normalized spacial score (nSPS) is 12.8. The summed E-state index contributed by atoms with van der Waals surface area (Å²) in [6, 6.07) is 11.8. The van der Waals surface area contributed by atoms with Crippen molar-refractivity contribution in [1.29, 1.82) is 0 Å². The molecule has 1 aliphatic heterocycles. The fourth-order valence-electron chi connectivity index (χ4n) is 2.94. The molecule has 6 nitrogen and oxygen atoms in total. The number of rotatable bonds is 5. The van der Waals surface area contributed by atoms with E-state index in [4.69, 9.17) is 4.74 Å². The van der Waals surface area contributed by atoms with Gasteiger partial charge < -0.3 is 10.1 Å². The average Bonchev–Trinajstić information content (AvgIpc) is 3.21. The van der Waals surface area contributed by atoms with E-state index in [1.807, 2.05) is 47.0 Å². The van der Waals surface area contributed by atoms with Crippen LogP contribution in [0.4, 0.5) is 0 Å². The molecule has 0 saturated carbocycles. The Morgan fingerprint density at radius 1 is 1.25 bits per heavy atom. The van der Waals surface area contributed by atoms with Gasteiger partial charge in [0.25, 0.3) is 0 Å². The molecule has 0 saturated heterocycles. The van der Waals surface area contributed by atoms with Crippen molar-refractivity contribution in [3.05, 3.63) is 59.5 Å². The molecule has 0 fully saturated rings. The summed E-state index contributed by atoms with van der Waals surface area (Å²) in [5.41, 5.74) is 3.01. The van der Waals surface area contributed by atoms with Gasteiger partial charge in [-0.2, -0.15) is 0 Å². The molecule has 0 radical (unpaired) electrons. The van der Waals surface area contributed by atoms with Crippen LogP contribution >= 0.6 is 0 Å². The number of amides is 1. The summed E-state index contributed by atoms with van der Waals surface area (Å²) in [5.74, 6) is 1.76. The van der Waals surface area contributed by atoms with E-state index in [1.165, 1.54) is 5.56 Å². The van der Waals surface area contributed by atoms with Crippen molar-refractivity contribution in [3.8, 4) is 5.75 Å². The molecule has 0 bridgehead atoms. The van der Waals surface area contributed by atoms with Crippen molar-refractivity contribution in [3.63, 3.8) is 0 Å². The van der Waals surface area contributed by atoms with Crippen molar-refractivity contribution in [1.82, 2.24) is 19.9 Å². The van der Waals surface area contributed by atoms with Gasteiger partial charge in [-0.3, -0.25) is 9.20 Å². The highest BCUT2D eigenvalue weighted by atomic mass is 16.5. The fourth-order valence-corrected chi connectivity index (χ4v) is 2.94. The van der Waals surface area contributed by atoms with Crippen LogP contribution in [-0.2, 0) is 24.1 Å². The van der Waals surface area contributed by atoms with Crippen molar-refractivity contribution in [2.24, 2.45) is 0 Å². The van der Waals surface area contributed by atoms with Crippen LogP contribution in [0.3, 0.4) is 0 Å². The Kier molecular flexibility index (Phi) is 3.86. The smallest absolute Gasteiger partial charge is 0.224 e. The number of carbonyl (C=O) groups excluding carboxylic acids is 1. The topological polar surface area (TPSA) is 68.5 Å². The highest BCUT2D eigenvalue weighted by molar-refractivity contribution is 5.78. The number of benzene rings is 1. The molecule has 24 heavy (non-hydrogen) atoms. The quantitative estimate of drug-likeness (QED) is 0.774. The predicted octanol–water partition coefficient (Wildman–Crippen LogP) is 1.57. The summed E-state index contributed by atoms with van der Waals surface area (Å²) in [4.78, 5) is 12.1. The number of hydrogen-bond acceptors (Lipinski definition) is 4. The summed E-state index contributed by atoms with van der Waals surface area (Å²) in [6.45, 7) is 1.27. The molecule has 6 heteroatoms. The summed E-state index contributed by atoms with van der Waals surface area (Å²) >= 11 is 0. The zero-order chi connectivity index (χ0) is 16.4. The third kappa shape index (κ3) is 2.95. The molecule has 0 aliphatic carbocycles. The van der Waals surface area contributed by atoms with Crippen LogP contribution in [0, 0.1) is 0 Å². The Labute approximate surface area is 139 Å². The first-order chi connectivity index (χ1) is 11.8. The van der Waals surface area contributed by atoms with Crippen LogP contribution in [-0.4, -0.2) is 33.7 Å². The van der Waals surface area contributed by atoms with Crippen LogP contribution in [0.15, 0.2) is 42.6 Å². The molecule has 1 N–H and O–H groups in total. The third-order valence-electron chi connectivity index (χ3n) is 4.18. The van der Waals surface area contributed by atoms with E-state index in [0.29, 0.717) is 19.4 Å². The Hall–Kier alpha value is -2.89. The summed E-state index contributed by atoms with van der Waals surface area (Å²) in [6.07, 6.45) is 3.88. The molecule has 0 unspecified atom stereocenters. The van der Waals surface area contributed by atoms with Gasteiger partial charge in [0.2, 0.25) is 5.91 Å². The van der Waals surface area contributed by atoms with Crippen molar-refractivity contribution >= 4 is 11.6 Å². The van der Waals surface area contributed by atoms with E-state index in [0.717, 1.165) is 35.8 Å². The van der Waals surface area contributed by atoms with Crippen molar-refractivity contribution in [2.45, 2.75) is 19.3 Å². The lowest BCUT2D eigenvalue weighted by molar-refractivity contribution is -0.120. The van der Waals surface area contributed by atoms with Gasteiger partial charge in [0.05, 0.1) is 13.0 Å². The van der Waals surface area contributed by atoms with E-state index >= 15 is 0 Å². The minimum absolute atomic E-state index is 0.00164. The van der Waals surface area contributed by atoms with Crippen LogP contribution in [0.1, 0.15) is 17.0 Å². The molecule has 3 aromatic rings. The summed E-state index contributed by atoms with van der Waals surface area (Å²) in [5, 5.41) is 11.2. The molecule has 1 aromatic carbocycles. The number of hydrogen-bond donors (Lipinski definition) is 1. The molecule has 1 aliphatic rings. The van der Waals surface area contributed by atoms with Gasteiger partial charge in [-0.1, -0.05) is 18.2 Å². The van der Waals surface area contributed by atoms with Gasteiger partial charge in [0, 0.05) is 25.6 Å². The number of nitrogens with one attached hydrogen (secondary N) is 1. The second kappa shape index (κ2) is 6.31. The fraction of sp³-hybridized carbons (Fsp3) is 0.278. The van der Waals surface area contributed by atoms with Gasteiger partial charge in [-0.05, 0) is 29.3 Å². The maximum Gasteiger partial charge on any atom is 0.224 e. The molecule has 122 valence electrons. The molecule has 0 atom stereocenters. The average molecular weight is 322 g/mol. The molecular formula is C18H18N4O2. The van der Waals surface area contributed by atoms with Crippen molar-refractivity contribution < 1.29 is 9.53 Å². The van der Waals surface area contributed by atoms with E-state index in [2.05, 4.69) is 15.5 Å². The number of pyridine rings is 1. The van der Waals surface area contributed by atoms with E-state index in [1.54, 1.807) is 0 Å². The maximum atomic E-state index is 12.1. The minimum atomic E-state index is 0.00164. The van der Waals surface area contributed by atoms with Gasteiger partial charge in [0.1, 0.15) is 11.6 Å². The zero-order valence-electron chi connectivity index (χ0n) is 13.2. The lowest BCUT2D eigenvalue weighted by Crippen LogP contribution is -2.27. The summed E-state index contributed by atoms with van der Waals surface area (Å²) in [7, 11) is 0. The largest absolute Gasteiger partial charge is 0.493 e. The number of aromatic nitrogens is 3. The SMILES string of the molecule is O=C(Cc1ccc2c(c1)OCC2)NCCc1nnc2ccccn12. The monoisotopic (exact) mass is 322 g/mol. The number of nitrogens with zero attached hydrogens (tertiary/aromatic N) is 3. The number of fused-ring (bicyclic) bond motifs is 2. The molecule has 0 spiro atoms. The Bertz CT molecular complexity index is 888. The lowest BCUT2D eigenvalue weighted by atomic mass is 10.1. The number of carbonyl (C=O) groups is 1. The van der Waals surface area contributed by atoms with E-state index < -0.39 is 0 Å². The second-order valence-electron chi connectivity index (χ2n) is 5.86. The Morgan fingerprint density at radius 3 is 3.17 bits per heavy atom. The van der Waals surface area contributed by atoms with Gasteiger partial charge in [-0.25, -0.2) is 0 Å². The highest BCUT2D eigenvalue weighted by Gasteiger charge is 2.13. The summed E-state index contributed by atoms with van der Waals surface area (Å²) < 4.78 is 7.48. The van der Waals surface area contributed by atoms with E-state index in [-0.39, 0.29) is 5.91 Å². The zero-order valence-corrected chi connectivity index (χ0v) is 13.2. The van der Waals surface area contributed by atoms with Crippen molar-refractivity contribution in [2.75, 3.05) is 13.2 Å². The third-order valence-corrected chi connectivity index (χ3v) is 4.18. The number of ether oxygens (including phenoxy) is 1. The molecule has 2 aromatic heterocycles. The van der Waals surface area contributed by atoms with Crippen LogP contribution in [0.5, 0.6) is 5.75 Å². The second-order valence-corrected chi connectivity index (χ2v) is 5.86. The minimum Gasteiger partial charge on any atom is -0.493 e. The van der Waals surface area contributed by atoms with Crippen LogP contribution in [0.2, 0.25) is 0 Å². The first-order valence-corrected chi connectivity index (χ1v) is 8.09. The Balaban J connectivity index is 1.32.